The molecule has 0 bridgehead atoms. The lowest BCUT2D eigenvalue weighted by Gasteiger charge is -2.17. The minimum atomic E-state index is -1.55. The van der Waals surface area contributed by atoms with Gasteiger partial charge in [0.05, 0.1) is 0 Å². The molecule has 0 amide bonds. The van der Waals surface area contributed by atoms with E-state index in [0.29, 0.717) is 11.8 Å². The summed E-state index contributed by atoms with van der Waals surface area (Å²) >= 11 is 0. The maximum atomic E-state index is 5.59. The van der Waals surface area contributed by atoms with Crippen molar-refractivity contribution in [3.63, 3.8) is 0 Å². The number of hydrogen-bond donors (Lipinski definition) is 0. The molecule has 0 heterocycles. The molecule has 3 heteroatoms. The monoisotopic (exact) mass is 209 g/mol. The highest BCUT2D eigenvalue weighted by atomic mass is 28.4. The van der Waals surface area contributed by atoms with Crippen molar-refractivity contribution in [3.05, 3.63) is 24.6 Å². The van der Waals surface area contributed by atoms with Gasteiger partial charge >= 0.3 is 0 Å². The van der Waals surface area contributed by atoms with Crippen LogP contribution in [-0.2, 0) is 4.43 Å². The Kier molecular flexibility index (Phi) is 3.32. The Balaban J connectivity index is 2.35. The molecule has 0 saturated heterocycles. The normalized spacial score (nSPS) is 17.1. The van der Waals surface area contributed by atoms with E-state index in [1.807, 2.05) is 0 Å². The molecule has 0 radical (unpaired) electrons. The van der Waals surface area contributed by atoms with Crippen LogP contribution >= 0.6 is 0 Å². The topological polar surface area (TPSA) is 21.6 Å². The molecule has 14 heavy (non-hydrogen) atoms. The van der Waals surface area contributed by atoms with Gasteiger partial charge in [-0.3, -0.25) is 0 Å². The van der Waals surface area contributed by atoms with Gasteiger partial charge in [-0.25, -0.2) is 4.99 Å². The van der Waals surface area contributed by atoms with Crippen molar-refractivity contribution < 1.29 is 4.43 Å². The zero-order chi connectivity index (χ0) is 10.8. The van der Waals surface area contributed by atoms with Crippen LogP contribution in [0.4, 0.5) is 0 Å². The molecule has 0 aromatic carbocycles. The molecule has 0 aromatic rings. The first-order valence-corrected chi connectivity index (χ1v) is 8.40. The molecular formula is C11H19NOSi. The summed E-state index contributed by atoms with van der Waals surface area (Å²) < 4.78 is 5.59. The second-order valence-corrected chi connectivity index (χ2v) is 9.14. The van der Waals surface area contributed by atoms with Gasteiger partial charge in [-0.05, 0) is 50.6 Å². The Morgan fingerprint density at radius 3 is 2.36 bits per heavy atom. The fourth-order valence-corrected chi connectivity index (χ4v) is 1.85. The number of rotatable bonds is 5. The van der Waals surface area contributed by atoms with Crippen LogP contribution in [0, 0.1) is 5.92 Å². The smallest absolute Gasteiger partial charge is 0.244 e. The maximum Gasteiger partial charge on any atom is 0.244 e. The quantitative estimate of drug-likeness (QED) is 0.386. The molecule has 0 atom stereocenters. The van der Waals surface area contributed by atoms with E-state index in [0.717, 1.165) is 5.57 Å². The highest BCUT2D eigenvalue weighted by molar-refractivity contribution is 6.70. The van der Waals surface area contributed by atoms with Crippen molar-refractivity contribution in [1.82, 2.24) is 0 Å². The molecule has 0 aromatic heterocycles. The summed E-state index contributed by atoms with van der Waals surface area (Å²) in [5.41, 5.74) is 1.10. The summed E-state index contributed by atoms with van der Waals surface area (Å²) in [5, 5.41) is 0. The largest absolute Gasteiger partial charge is 0.532 e. The van der Waals surface area contributed by atoms with Crippen molar-refractivity contribution in [2.24, 2.45) is 10.9 Å². The molecule has 0 spiro atoms. The average Bonchev–Trinajstić information content (AvgIpc) is 2.78. The molecule has 1 saturated carbocycles. The third kappa shape index (κ3) is 4.42. The standard InChI is InChI=1S/C11H19NOSi/c1-9(11-6-7-11)8-12-10(2)13-14(3,4)5/h8,11H,1-2,6-7H2,3-5H3. The van der Waals surface area contributed by atoms with Gasteiger partial charge in [0.1, 0.15) is 0 Å². The van der Waals surface area contributed by atoms with Crippen molar-refractivity contribution in [1.29, 1.82) is 0 Å². The molecule has 0 unspecified atom stereocenters. The van der Waals surface area contributed by atoms with Crippen LogP contribution in [0.15, 0.2) is 29.6 Å². The minimum Gasteiger partial charge on any atom is -0.532 e. The van der Waals surface area contributed by atoms with Crippen LogP contribution in [0.1, 0.15) is 12.8 Å². The lowest BCUT2D eigenvalue weighted by Crippen LogP contribution is -2.24. The number of nitrogens with zero attached hydrogens (tertiary/aromatic N) is 1. The van der Waals surface area contributed by atoms with Gasteiger partial charge in [-0.15, -0.1) is 0 Å². The molecule has 1 rings (SSSR count). The van der Waals surface area contributed by atoms with E-state index in [1.54, 1.807) is 6.21 Å². The van der Waals surface area contributed by atoms with Gasteiger partial charge in [0, 0.05) is 6.21 Å². The van der Waals surface area contributed by atoms with Gasteiger partial charge in [0.2, 0.25) is 8.32 Å². The fourth-order valence-electron chi connectivity index (χ4n) is 1.09. The predicted molar refractivity (Wildman–Crippen MR) is 63.9 cm³/mol. The minimum absolute atomic E-state index is 0.519. The molecule has 0 N–H and O–H groups in total. The Labute approximate surface area is 87.5 Å². The Bertz CT molecular complexity index is 272. The van der Waals surface area contributed by atoms with Crippen molar-refractivity contribution >= 4 is 14.5 Å². The zero-order valence-corrected chi connectivity index (χ0v) is 10.3. The Morgan fingerprint density at radius 2 is 1.93 bits per heavy atom. The van der Waals surface area contributed by atoms with Gasteiger partial charge in [0.25, 0.3) is 0 Å². The molecule has 1 fully saturated rings. The van der Waals surface area contributed by atoms with E-state index in [-0.39, 0.29) is 0 Å². The zero-order valence-electron chi connectivity index (χ0n) is 9.34. The van der Waals surface area contributed by atoms with E-state index in [4.69, 9.17) is 4.43 Å². The maximum absolute atomic E-state index is 5.59. The second kappa shape index (κ2) is 4.13. The number of allylic oxidation sites excluding steroid dienone is 1. The first-order chi connectivity index (χ1) is 6.38. The molecule has 0 aliphatic heterocycles. The summed E-state index contributed by atoms with van der Waals surface area (Å²) in [4.78, 5) is 4.16. The lowest BCUT2D eigenvalue weighted by atomic mass is 10.2. The molecule has 1 aliphatic rings. The summed E-state index contributed by atoms with van der Waals surface area (Å²) in [7, 11) is -1.55. The first kappa shape index (κ1) is 11.2. The highest BCUT2D eigenvalue weighted by Crippen LogP contribution is 2.34. The van der Waals surface area contributed by atoms with Crippen LogP contribution in [-0.4, -0.2) is 14.5 Å². The Morgan fingerprint density at radius 1 is 1.36 bits per heavy atom. The first-order valence-electron chi connectivity index (χ1n) is 4.99. The van der Waals surface area contributed by atoms with Crippen LogP contribution in [0.25, 0.3) is 0 Å². The van der Waals surface area contributed by atoms with E-state index in [1.165, 1.54) is 12.8 Å². The average molecular weight is 209 g/mol. The van der Waals surface area contributed by atoms with Crippen LogP contribution < -0.4 is 0 Å². The summed E-state index contributed by atoms with van der Waals surface area (Å²) in [6, 6.07) is 0. The molecule has 1 aliphatic carbocycles. The van der Waals surface area contributed by atoms with Crippen molar-refractivity contribution in [3.8, 4) is 0 Å². The van der Waals surface area contributed by atoms with Crippen molar-refractivity contribution in [2.75, 3.05) is 0 Å². The van der Waals surface area contributed by atoms with E-state index < -0.39 is 8.32 Å². The predicted octanol–water partition coefficient (Wildman–Crippen LogP) is 3.35. The summed E-state index contributed by atoms with van der Waals surface area (Å²) in [6.07, 6.45) is 4.30. The third-order valence-electron chi connectivity index (χ3n) is 1.90. The summed E-state index contributed by atoms with van der Waals surface area (Å²) in [6.45, 7) is 14.1. The molecule has 78 valence electrons. The molecular weight excluding hydrogens is 190 g/mol. The van der Waals surface area contributed by atoms with Gasteiger partial charge < -0.3 is 4.43 Å². The van der Waals surface area contributed by atoms with Gasteiger partial charge in [-0.1, -0.05) is 6.58 Å². The number of hydrogen-bond acceptors (Lipinski definition) is 2. The summed E-state index contributed by atoms with van der Waals surface area (Å²) in [5.74, 6) is 1.18. The van der Waals surface area contributed by atoms with Gasteiger partial charge in [0.15, 0.2) is 5.88 Å². The fraction of sp³-hybridized carbons (Fsp3) is 0.545. The Hall–Kier alpha value is -0.833. The van der Waals surface area contributed by atoms with Crippen LogP contribution in [0.5, 0.6) is 0 Å². The second-order valence-electron chi connectivity index (χ2n) is 4.72. The van der Waals surface area contributed by atoms with Gasteiger partial charge in [-0.2, -0.15) is 0 Å². The molecule has 2 nitrogen and oxygen atoms in total. The third-order valence-corrected chi connectivity index (χ3v) is 2.75. The van der Waals surface area contributed by atoms with Crippen LogP contribution in [0.3, 0.4) is 0 Å². The van der Waals surface area contributed by atoms with Crippen molar-refractivity contribution in [2.45, 2.75) is 32.5 Å². The van der Waals surface area contributed by atoms with Crippen LogP contribution in [0.2, 0.25) is 19.6 Å². The van der Waals surface area contributed by atoms with E-state index >= 15 is 0 Å². The number of aliphatic imine (C=N–C) groups is 1. The van der Waals surface area contributed by atoms with E-state index in [2.05, 4.69) is 37.8 Å². The lowest BCUT2D eigenvalue weighted by molar-refractivity contribution is 0.421. The van der Waals surface area contributed by atoms with E-state index in [9.17, 15) is 0 Å². The SMILES string of the molecule is C=C(N=CC(=C)C1CC1)O[Si](C)(C)C. The highest BCUT2D eigenvalue weighted by Gasteiger charge is 2.23.